The van der Waals surface area contributed by atoms with Gasteiger partial charge in [0.2, 0.25) is 0 Å². The fraction of sp³-hybridized carbons (Fsp3) is 0.0741. The highest BCUT2D eigenvalue weighted by Crippen LogP contribution is 2.32. The molecular weight excluding hydrogens is 455 g/mol. The van der Waals surface area contributed by atoms with Gasteiger partial charge in [-0.25, -0.2) is 9.37 Å². The zero-order chi connectivity index (χ0) is 24.6. The Bertz CT molecular complexity index is 1750. The van der Waals surface area contributed by atoms with E-state index in [4.69, 9.17) is 4.98 Å². The first-order chi connectivity index (χ1) is 17.6. The monoisotopic (exact) mass is 476 g/mol. The molecule has 0 amide bonds. The molecule has 0 fully saturated rings. The summed E-state index contributed by atoms with van der Waals surface area (Å²) in [6.07, 6.45) is 7.77. The fourth-order valence-electron chi connectivity index (χ4n) is 4.09. The van der Waals surface area contributed by atoms with Gasteiger partial charge >= 0.3 is 0 Å². The van der Waals surface area contributed by atoms with Crippen molar-refractivity contribution in [2.75, 3.05) is 5.32 Å². The Hall–Kier alpha value is -4.92. The number of anilines is 1. The van der Waals surface area contributed by atoms with Crippen molar-refractivity contribution in [1.29, 1.82) is 0 Å². The number of H-pyrrole nitrogens is 2. The van der Waals surface area contributed by atoms with E-state index >= 15 is 0 Å². The van der Waals surface area contributed by atoms with Crippen LogP contribution in [0.25, 0.3) is 56.0 Å². The van der Waals surface area contributed by atoms with E-state index in [1.165, 1.54) is 12.1 Å². The number of rotatable bonds is 6. The van der Waals surface area contributed by atoms with E-state index < -0.39 is 0 Å². The summed E-state index contributed by atoms with van der Waals surface area (Å²) >= 11 is 0. The zero-order valence-electron chi connectivity index (χ0n) is 19.4. The average Bonchev–Trinajstić information content (AvgIpc) is 3.52. The van der Waals surface area contributed by atoms with Crippen LogP contribution in [0.15, 0.2) is 79.5 Å². The first-order valence-corrected chi connectivity index (χ1v) is 11.4. The summed E-state index contributed by atoms with van der Waals surface area (Å²) in [5.41, 5.74) is 7.48. The van der Waals surface area contributed by atoms with Gasteiger partial charge in [0.05, 0.1) is 40.5 Å². The van der Waals surface area contributed by atoms with E-state index in [9.17, 15) is 4.39 Å². The molecule has 5 heterocycles. The molecule has 0 saturated carbocycles. The molecule has 8 nitrogen and oxygen atoms in total. The minimum Gasteiger partial charge on any atom is -0.358 e. The van der Waals surface area contributed by atoms with Crippen LogP contribution in [0.5, 0.6) is 0 Å². The van der Waals surface area contributed by atoms with E-state index in [1.807, 2.05) is 31.2 Å². The first kappa shape index (κ1) is 21.6. The van der Waals surface area contributed by atoms with Crippen molar-refractivity contribution in [3.05, 3.63) is 85.3 Å². The molecule has 6 rings (SSSR count). The topological polar surface area (TPSA) is 108 Å². The molecule has 176 valence electrons. The molecule has 0 aliphatic carbocycles. The molecule has 3 N–H and O–H groups in total. The van der Waals surface area contributed by atoms with Gasteiger partial charge in [-0.15, -0.1) is 0 Å². The molecule has 0 spiro atoms. The third kappa shape index (κ3) is 3.86. The summed E-state index contributed by atoms with van der Waals surface area (Å²) in [5.74, 6) is 0.250. The highest BCUT2D eigenvalue weighted by Gasteiger charge is 2.17. The molecule has 1 aromatic carbocycles. The molecule has 6 aromatic rings. The molecular formula is C27H21FN8. The Labute approximate surface area is 205 Å². The molecule has 0 aliphatic heterocycles. The van der Waals surface area contributed by atoms with Crippen LogP contribution in [-0.4, -0.2) is 35.1 Å². The van der Waals surface area contributed by atoms with E-state index in [2.05, 4.69) is 42.0 Å². The first-order valence-electron chi connectivity index (χ1n) is 11.4. The van der Waals surface area contributed by atoms with Crippen molar-refractivity contribution in [3.8, 4) is 34.0 Å². The smallest absolute Gasteiger partial charge is 0.159 e. The minimum absolute atomic E-state index is 0.326. The van der Waals surface area contributed by atoms with Gasteiger partial charge in [-0.2, -0.15) is 5.10 Å². The quantitative estimate of drug-likeness (QED) is 0.268. The van der Waals surface area contributed by atoms with E-state index in [0.29, 0.717) is 28.3 Å². The SMILES string of the molecule is C=C(CC)Nc1cncc(-c2cc3c(-c4nc5c(-c6cccc(F)c6)nccc5[nH]4)n[nH]c3cn2)c1. The van der Waals surface area contributed by atoms with Crippen molar-refractivity contribution >= 4 is 27.6 Å². The van der Waals surface area contributed by atoms with Gasteiger partial charge in [-0.1, -0.05) is 25.6 Å². The lowest BCUT2D eigenvalue weighted by Crippen LogP contribution is -1.97. The third-order valence-corrected chi connectivity index (χ3v) is 5.95. The maximum absolute atomic E-state index is 13.9. The molecule has 0 bridgehead atoms. The Balaban J connectivity index is 1.43. The van der Waals surface area contributed by atoms with Gasteiger partial charge < -0.3 is 10.3 Å². The second-order valence-electron chi connectivity index (χ2n) is 8.38. The van der Waals surface area contributed by atoms with Crippen LogP contribution in [0.4, 0.5) is 10.1 Å². The summed E-state index contributed by atoms with van der Waals surface area (Å²) < 4.78 is 13.9. The van der Waals surface area contributed by atoms with Gasteiger partial charge in [0.25, 0.3) is 0 Å². The average molecular weight is 477 g/mol. The lowest BCUT2D eigenvalue weighted by molar-refractivity contribution is 0.628. The summed E-state index contributed by atoms with van der Waals surface area (Å²) in [6, 6.07) is 12.1. The van der Waals surface area contributed by atoms with E-state index in [1.54, 1.807) is 30.9 Å². The van der Waals surface area contributed by atoms with Gasteiger partial charge in [-0.05, 0) is 36.8 Å². The number of pyridine rings is 3. The van der Waals surface area contributed by atoms with Crippen LogP contribution in [0.2, 0.25) is 0 Å². The molecule has 0 aliphatic rings. The summed E-state index contributed by atoms with van der Waals surface area (Å²) in [6.45, 7) is 6.04. The molecule has 0 atom stereocenters. The van der Waals surface area contributed by atoms with Crippen LogP contribution in [0, 0.1) is 5.82 Å². The molecule has 0 unspecified atom stereocenters. The lowest BCUT2D eigenvalue weighted by Gasteiger charge is -2.08. The summed E-state index contributed by atoms with van der Waals surface area (Å²) in [4.78, 5) is 21.5. The van der Waals surface area contributed by atoms with Crippen molar-refractivity contribution in [2.45, 2.75) is 13.3 Å². The molecule has 0 radical (unpaired) electrons. The Morgan fingerprint density at radius 2 is 1.92 bits per heavy atom. The number of allylic oxidation sites excluding steroid dienone is 1. The third-order valence-electron chi connectivity index (χ3n) is 5.95. The molecule has 36 heavy (non-hydrogen) atoms. The summed E-state index contributed by atoms with van der Waals surface area (Å²) in [7, 11) is 0. The number of aromatic nitrogens is 7. The molecule has 9 heteroatoms. The number of nitrogens with zero attached hydrogens (tertiary/aromatic N) is 5. The number of benzene rings is 1. The predicted molar refractivity (Wildman–Crippen MR) is 138 cm³/mol. The minimum atomic E-state index is -0.326. The lowest BCUT2D eigenvalue weighted by atomic mass is 10.1. The second-order valence-corrected chi connectivity index (χ2v) is 8.38. The van der Waals surface area contributed by atoms with Gasteiger partial charge in [0.1, 0.15) is 17.0 Å². The van der Waals surface area contributed by atoms with Crippen molar-refractivity contribution in [3.63, 3.8) is 0 Å². The number of hydrogen-bond acceptors (Lipinski definition) is 6. The number of aromatic amines is 2. The highest BCUT2D eigenvalue weighted by molar-refractivity contribution is 5.96. The Kier molecular flexibility index (Phi) is 5.22. The van der Waals surface area contributed by atoms with Crippen molar-refractivity contribution in [1.82, 2.24) is 35.1 Å². The van der Waals surface area contributed by atoms with Crippen LogP contribution in [0.1, 0.15) is 13.3 Å². The van der Waals surface area contributed by atoms with Crippen molar-refractivity contribution < 1.29 is 4.39 Å². The number of fused-ring (bicyclic) bond motifs is 2. The number of nitrogens with one attached hydrogen (secondary N) is 3. The summed E-state index contributed by atoms with van der Waals surface area (Å²) in [5, 5.41) is 11.7. The number of halogens is 1. The van der Waals surface area contributed by atoms with Crippen molar-refractivity contribution in [2.24, 2.45) is 0 Å². The van der Waals surface area contributed by atoms with E-state index in [0.717, 1.165) is 45.5 Å². The largest absolute Gasteiger partial charge is 0.358 e. The maximum atomic E-state index is 13.9. The maximum Gasteiger partial charge on any atom is 0.159 e. The molecule has 0 saturated heterocycles. The van der Waals surface area contributed by atoms with Gasteiger partial charge in [-0.3, -0.25) is 20.1 Å². The Morgan fingerprint density at radius 1 is 1.00 bits per heavy atom. The highest BCUT2D eigenvalue weighted by atomic mass is 19.1. The normalized spacial score (nSPS) is 11.3. The number of hydrogen-bond donors (Lipinski definition) is 3. The van der Waals surface area contributed by atoms with Gasteiger partial charge in [0, 0.05) is 34.6 Å². The second kappa shape index (κ2) is 8.70. The number of imidazole rings is 1. The van der Waals surface area contributed by atoms with E-state index in [-0.39, 0.29) is 5.82 Å². The van der Waals surface area contributed by atoms with Gasteiger partial charge in [0.15, 0.2) is 5.82 Å². The Morgan fingerprint density at radius 3 is 2.78 bits per heavy atom. The van der Waals surface area contributed by atoms with Crippen LogP contribution >= 0.6 is 0 Å². The standard InChI is InChI=1S/C27H21FN8/c1-3-15(2)32-19-10-17(12-29-13-19)22-11-20-23(14-31-22)35-36-25(20)27-33-21-7-8-30-24(26(21)34-27)16-5-4-6-18(28)9-16/h4-14,32H,2-3H2,1H3,(H,33,34)(H,35,36). The molecule has 5 aromatic heterocycles. The van der Waals surface area contributed by atoms with Crippen LogP contribution in [-0.2, 0) is 0 Å². The van der Waals surface area contributed by atoms with Crippen LogP contribution in [0.3, 0.4) is 0 Å². The zero-order valence-corrected chi connectivity index (χ0v) is 19.4. The van der Waals surface area contributed by atoms with Crippen LogP contribution < -0.4 is 5.32 Å². The predicted octanol–water partition coefficient (Wildman–Crippen LogP) is 6.10. The fourth-order valence-corrected chi connectivity index (χ4v) is 4.09.